The van der Waals surface area contributed by atoms with Crippen LogP contribution >= 0.6 is 0 Å². The highest BCUT2D eigenvalue weighted by atomic mass is 19.2. The Morgan fingerprint density at radius 3 is 2.12 bits per heavy atom. The third-order valence-corrected chi connectivity index (χ3v) is 5.63. The van der Waals surface area contributed by atoms with E-state index < -0.39 is 29.5 Å². The largest absolute Gasteiger partial charge is 0.469 e. The first-order valence-electron chi connectivity index (χ1n) is 10.4. The maximum atomic E-state index is 14.5. The molecule has 0 saturated carbocycles. The molecule has 3 rings (SSSR count). The van der Waals surface area contributed by atoms with Crippen LogP contribution in [0.5, 0.6) is 0 Å². The van der Waals surface area contributed by atoms with Crippen LogP contribution in [0.3, 0.4) is 0 Å². The van der Waals surface area contributed by atoms with Crippen molar-refractivity contribution >= 4 is 5.97 Å². The molecular formula is C26H26F3NO2. The topological polar surface area (TPSA) is 29.5 Å². The molecule has 32 heavy (non-hydrogen) atoms. The van der Waals surface area contributed by atoms with Crippen molar-refractivity contribution in [1.29, 1.82) is 0 Å². The predicted molar refractivity (Wildman–Crippen MR) is 117 cm³/mol. The van der Waals surface area contributed by atoms with Crippen molar-refractivity contribution in [3.05, 3.63) is 107 Å². The van der Waals surface area contributed by atoms with Crippen molar-refractivity contribution < 1.29 is 22.7 Å². The first-order valence-corrected chi connectivity index (χ1v) is 10.4. The molecule has 0 fully saturated rings. The molecule has 3 aromatic carbocycles. The molecule has 0 unspecified atom stereocenters. The van der Waals surface area contributed by atoms with Crippen LogP contribution in [0.4, 0.5) is 13.2 Å². The van der Waals surface area contributed by atoms with E-state index in [1.54, 1.807) is 0 Å². The van der Waals surface area contributed by atoms with E-state index in [1.807, 2.05) is 67.6 Å². The van der Waals surface area contributed by atoms with Crippen LogP contribution in [0.1, 0.15) is 36.1 Å². The van der Waals surface area contributed by atoms with Crippen LogP contribution in [-0.4, -0.2) is 24.0 Å². The summed E-state index contributed by atoms with van der Waals surface area (Å²) in [5.74, 6) is -3.67. The summed E-state index contributed by atoms with van der Waals surface area (Å²) in [7, 11) is 1.29. The first-order chi connectivity index (χ1) is 15.4. The van der Waals surface area contributed by atoms with Crippen molar-refractivity contribution in [2.75, 3.05) is 7.11 Å². The lowest BCUT2D eigenvalue weighted by Gasteiger charge is -2.37. The minimum absolute atomic E-state index is 0.0103. The SMILES string of the molecule is COC(=O)C[C@@H](Cc1cc(F)c(F)cc1F)N(Cc1ccccc1)[C@H](C)c1ccccc1. The van der Waals surface area contributed by atoms with Crippen molar-refractivity contribution in [3.8, 4) is 0 Å². The molecule has 168 valence electrons. The number of esters is 1. The maximum absolute atomic E-state index is 14.5. The van der Waals surface area contributed by atoms with Crippen molar-refractivity contribution in [3.63, 3.8) is 0 Å². The number of ether oxygens (including phenoxy) is 1. The number of carbonyl (C=O) groups is 1. The van der Waals surface area contributed by atoms with Crippen LogP contribution in [0, 0.1) is 17.5 Å². The molecule has 0 amide bonds. The molecule has 3 nitrogen and oxygen atoms in total. The Kier molecular flexibility index (Phi) is 8.06. The highest BCUT2D eigenvalue weighted by Gasteiger charge is 2.29. The summed E-state index contributed by atoms with van der Waals surface area (Å²) in [6.45, 7) is 2.48. The van der Waals surface area contributed by atoms with Crippen molar-refractivity contribution in [2.24, 2.45) is 0 Å². The predicted octanol–water partition coefficient (Wildman–Crippen LogP) is 5.84. The zero-order valence-electron chi connectivity index (χ0n) is 18.1. The third-order valence-electron chi connectivity index (χ3n) is 5.63. The highest BCUT2D eigenvalue weighted by Crippen LogP contribution is 2.29. The lowest BCUT2D eigenvalue weighted by Crippen LogP contribution is -2.40. The monoisotopic (exact) mass is 441 g/mol. The summed E-state index contributed by atoms with van der Waals surface area (Å²) in [6, 6.07) is 20.2. The van der Waals surface area contributed by atoms with E-state index >= 15 is 0 Å². The standard InChI is InChI=1S/C26H26F3NO2/c1-18(20-11-7-4-8-12-20)30(17-19-9-5-3-6-10-19)22(15-26(31)32-2)13-21-14-24(28)25(29)16-23(21)27/h3-12,14,16,18,22H,13,15,17H2,1-2H3/t18-,22-/m1/s1. The molecule has 0 aliphatic rings. The van der Waals surface area contributed by atoms with Crippen molar-refractivity contribution in [1.82, 2.24) is 4.90 Å². The molecule has 6 heteroatoms. The summed E-state index contributed by atoms with van der Waals surface area (Å²) >= 11 is 0. The minimum Gasteiger partial charge on any atom is -0.469 e. The fraction of sp³-hybridized carbons (Fsp3) is 0.269. The van der Waals surface area contributed by atoms with E-state index in [0.717, 1.165) is 17.2 Å². The van der Waals surface area contributed by atoms with Gasteiger partial charge in [0.25, 0.3) is 0 Å². The number of carbonyl (C=O) groups excluding carboxylic acids is 1. The fourth-order valence-corrected chi connectivity index (χ4v) is 3.86. The lowest BCUT2D eigenvalue weighted by atomic mass is 9.96. The van der Waals surface area contributed by atoms with Gasteiger partial charge in [-0.05, 0) is 36.1 Å². The molecule has 2 atom stereocenters. The Labute approximate surface area is 186 Å². The average molecular weight is 441 g/mol. The number of nitrogens with zero attached hydrogens (tertiary/aromatic N) is 1. The number of hydrogen-bond acceptors (Lipinski definition) is 3. The molecule has 0 bridgehead atoms. The van der Waals surface area contributed by atoms with Gasteiger partial charge in [0.1, 0.15) is 5.82 Å². The summed E-state index contributed by atoms with van der Waals surface area (Å²) in [4.78, 5) is 14.3. The Morgan fingerprint density at radius 2 is 1.50 bits per heavy atom. The van der Waals surface area contributed by atoms with Gasteiger partial charge in [0.2, 0.25) is 0 Å². The summed E-state index contributed by atoms with van der Waals surface area (Å²) in [5, 5.41) is 0. The molecule has 0 radical (unpaired) electrons. The Balaban J connectivity index is 2.01. The first kappa shape index (κ1) is 23.5. The quantitative estimate of drug-likeness (QED) is 0.309. The van der Waals surface area contributed by atoms with Crippen LogP contribution in [0.2, 0.25) is 0 Å². The van der Waals surface area contributed by atoms with E-state index in [-0.39, 0.29) is 24.4 Å². The number of hydrogen-bond donors (Lipinski definition) is 0. The second kappa shape index (κ2) is 11.0. The van der Waals surface area contributed by atoms with Gasteiger partial charge in [0.15, 0.2) is 11.6 Å². The minimum atomic E-state index is -1.24. The van der Waals surface area contributed by atoms with Gasteiger partial charge >= 0.3 is 5.97 Å². The smallest absolute Gasteiger partial charge is 0.307 e. The Hall–Kier alpha value is -3.12. The summed E-state index contributed by atoms with van der Waals surface area (Å²) in [6.07, 6.45) is -0.0128. The summed E-state index contributed by atoms with van der Waals surface area (Å²) < 4.78 is 46.7. The molecule has 0 aliphatic carbocycles. The number of rotatable bonds is 9. The van der Waals surface area contributed by atoms with Gasteiger partial charge in [-0.1, -0.05) is 60.7 Å². The average Bonchev–Trinajstić information content (AvgIpc) is 2.81. The van der Waals surface area contributed by atoms with Gasteiger partial charge in [0.05, 0.1) is 13.5 Å². The highest BCUT2D eigenvalue weighted by molar-refractivity contribution is 5.70. The van der Waals surface area contributed by atoms with Crippen LogP contribution in [0.15, 0.2) is 72.8 Å². The van der Waals surface area contributed by atoms with Crippen LogP contribution < -0.4 is 0 Å². The molecule has 0 N–H and O–H groups in total. The van der Waals surface area contributed by atoms with Crippen molar-refractivity contribution in [2.45, 2.75) is 38.4 Å². The zero-order chi connectivity index (χ0) is 23.1. The Bertz CT molecular complexity index is 1030. The lowest BCUT2D eigenvalue weighted by molar-refractivity contribution is -0.142. The molecule has 0 saturated heterocycles. The van der Waals surface area contributed by atoms with E-state index in [4.69, 9.17) is 4.74 Å². The molecule has 0 aromatic heterocycles. The van der Waals surface area contributed by atoms with E-state index in [0.29, 0.717) is 12.6 Å². The molecular weight excluding hydrogens is 415 g/mol. The molecule has 3 aromatic rings. The van der Waals surface area contributed by atoms with Gasteiger partial charge in [0, 0.05) is 24.7 Å². The zero-order valence-corrected chi connectivity index (χ0v) is 18.1. The van der Waals surface area contributed by atoms with Gasteiger partial charge in [-0.2, -0.15) is 0 Å². The van der Waals surface area contributed by atoms with Gasteiger partial charge in [-0.25, -0.2) is 13.2 Å². The van der Waals surface area contributed by atoms with Gasteiger partial charge < -0.3 is 4.74 Å². The molecule has 0 aliphatic heterocycles. The second-order valence-electron chi connectivity index (χ2n) is 7.74. The van der Waals surface area contributed by atoms with Gasteiger partial charge in [-0.3, -0.25) is 9.69 Å². The normalized spacial score (nSPS) is 13.1. The molecule has 0 heterocycles. The summed E-state index contributed by atoms with van der Waals surface area (Å²) in [5.41, 5.74) is 2.04. The number of halogens is 3. The Morgan fingerprint density at radius 1 is 0.906 bits per heavy atom. The van der Waals surface area contributed by atoms with Crippen LogP contribution in [-0.2, 0) is 22.5 Å². The van der Waals surface area contributed by atoms with E-state index in [1.165, 1.54) is 7.11 Å². The number of benzene rings is 3. The molecule has 0 spiro atoms. The maximum Gasteiger partial charge on any atom is 0.307 e. The van der Waals surface area contributed by atoms with E-state index in [2.05, 4.69) is 4.90 Å². The number of methoxy groups -OCH3 is 1. The fourth-order valence-electron chi connectivity index (χ4n) is 3.86. The van der Waals surface area contributed by atoms with E-state index in [9.17, 15) is 18.0 Å². The van der Waals surface area contributed by atoms with Crippen LogP contribution in [0.25, 0.3) is 0 Å². The van der Waals surface area contributed by atoms with Gasteiger partial charge in [-0.15, -0.1) is 0 Å². The second-order valence-corrected chi connectivity index (χ2v) is 7.74. The third kappa shape index (κ3) is 5.98.